The zero-order valence-corrected chi connectivity index (χ0v) is 13.4. The number of phenols is 1. The monoisotopic (exact) mass is 315 g/mol. The van der Waals surface area contributed by atoms with Gasteiger partial charge in [-0.2, -0.15) is 5.10 Å². The van der Waals surface area contributed by atoms with Crippen molar-refractivity contribution in [3.8, 4) is 5.75 Å². The molecule has 0 unspecified atom stereocenters. The lowest BCUT2D eigenvalue weighted by molar-refractivity contribution is -0.120. The first-order chi connectivity index (χ1) is 10.4. The normalized spacial score (nSPS) is 11.8. The number of aromatic nitrogens is 2. The molecule has 0 spiro atoms. The van der Waals surface area contributed by atoms with E-state index in [2.05, 4.69) is 15.5 Å². The first-order valence-corrected chi connectivity index (χ1v) is 7.80. The summed E-state index contributed by atoms with van der Waals surface area (Å²) in [6.45, 7) is 5.81. The highest BCUT2D eigenvalue weighted by Crippen LogP contribution is 2.30. The van der Waals surface area contributed by atoms with Crippen LogP contribution in [0.3, 0.4) is 0 Å². The number of H-pyrrole nitrogens is 1. The molecular formula is C16H17N3O2S. The van der Waals surface area contributed by atoms with Gasteiger partial charge in [0.2, 0.25) is 5.91 Å². The quantitative estimate of drug-likeness (QED) is 0.691. The van der Waals surface area contributed by atoms with Crippen molar-refractivity contribution in [2.24, 2.45) is 0 Å². The van der Waals surface area contributed by atoms with Gasteiger partial charge < -0.3 is 10.4 Å². The van der Waals surface area contributed by atoms with E-state index < -0.39 is 5.41 Å². The van der Waals surface area contributed by atoms with Crippen molar-refractivity contribution in [1.29, 1.82) is 0 Å². The standard InChI is InChI=1S/C16H17N3O2S/c1-9-6-10(8-22-9)16(2,3)15(21)17-14-12-5-4-11(20)7-13(12)18-19-14/h4-8,20H,1-3H3,(H2,17,18,19,21). The first-order valence-electron chi connectivity index (χ1n) is 6.92. The molecule has 0 fully saturated rings. The molecule has 0 radical (unpaired) electrons. The van der Waals surface area contributed by atoms with Crippen molar-refractivity contribution in [3.05, 3.63) is 40.1 Å². The van der Waals surface area contributed by atoms with Gasteiger partial charge in [0, 0.05) is 16.3 Å². The number of aromatic hydroxyl groups is 1. The zero-order valence-electron chi connectivity index (χ0n) is 12.6. The lowest BCUT2D eigenvalue weighted by atomic mass is 9.85. The average Bonchev–Trinajstić information content (AvgIpc) is 3.06. The Morgan fingerprint density at radius 2 is 2.14 bits per heavy atom. The average molecular weight is 315 g/mol. The maximum atomic E-state index is 12.6. The molecule has 1 amide bonds. The molecule has 3 aromatic rings. The first kappa shape index (κ1) is 14.6. The summed E-state index contributed by atoms with van der Waals surface area (Å²) in [5.74, 6) is 0.509. The number of nitrogens with zero attached hydrogens (tertiary/aromatic N) is 1. The molecule has 22 heavy (non-hydrogen) atoms. The van der Waals surface area contributed by atoms with Crippen LogP contribution >= 0.6 is 11.3 Å². The Balaban J connectivity index is 1.89. The minimum atomic E-state index is -0.646. The Hall–Kier alpha value is -2.34. The van der Waals surface area contributed by atoms with Crippen LogP contribution in [-0.4, -0.2) is 21.2 Å². The van der Waals surface area contributed by atoms with Crippen LogP contribution in [0.15, 0.2) is 29.6 Å². The van der Waals surface area contributed by atoms with Gasteiger partial charge >= 0.3 is 0 Å². The number of hydrogen-bond acceptors (Lipinski definition) is 4. The van der Waals surface area contributed by atoms with E-state index in [4.69, 9.17) is 0 Å². The molecule has 0 saturated carbocycles. The predicted molar refractivity (Wildman–Crippen MR) is 88.5 cm³/mol. The topological polar surface area (TPSA) is 78.0 Å². The van der Waals surface area contributed by atoms with E-state index in [1.807, 2.05) is 32.2 Å². The summed E-state index contributed by atoms with van der Waals surface area (Å²) in [5, 5.41) is 22.0. The van der Waals surface area contributed by atoms with Crippen LogP contribution in [-0.2, 0) is 10.2 Å². The van der Waals surface area contributed by atoms with Crippen molar-refractivity contribution in [3.63, 3.8) is 0 Å². The van der Waals surface area contributed by atoms with Gasteiger partial charge in [-0.1, -0.05) is 0 Å². The summed E-state index contributed by atoms with van der Waals surface area (Å²) in [7, 11) is 0. The lowest BCUT2D eigenvalue weighted by Gasteiger charge is -2.22. The summed E-state index contributed by atoms with van der Waals surface area (Å²) in [6.07, 6.45) is 0. The number of fused-ring (bicyclic) bond motifs is 1. The molecule has 5 nitrogen and oxygen atoms in total. The molecule has 0 aliphatic carbocycles. The third-order valence-corrected chi connectivity index (χ3v) is 4.66. The number of carbonyl (C=O) groups is 1. The maximum absolute atomic E-state index is 12.6. The number of phenolic OH excluding ortho intramolecular Hbond substituents is 1. The van der Waals surface area contributed by atoms with Crippen molar-refractivity contribution in [1.82, 2.24) is 10.2 Å². The molecule has 114 valence electrons. The molecular weight excluding hydrogens is 298 g/mol. The van der Waals surface area contributed by atoms with Gasteiger partial charge in [0.1, 0.15) is 5.75 Å². The van der Waals surface area contributed by atoms with E-state index in [1.165, 1.54) is 4.88 Å². The Morgan fingerprint density at radius 1 is 1.36 bits per heavy atom. The number of rotatable bonds is 3. The third-order valence-electron chi connectivity index (χ3n) is 3.80. The number of nitrogens with one attached hydrogen (secondary N) is 2. The zero-order chi connectivity index (χ0) is 15.9. The van der Waals surface area contributed by atoms with Crippen LogP contribution in [0, 0.1) is 6.92 Å². The van der Waals surface area contributed by atoms with Gasteiger partial charge in [0.05, 0.1) is 10.9 Å². The Kier molecular flexibility index (Phi) is 3.41. The van der Waals surface area contributed by atoms with Crippen LogP contribution in [0.2, 0.25) is 0 Å². The van der Waals surface area contributed by atoms with Crippen LogP contribution in [0.4, 0.5) is 5.82 Å². The summed E-state index contributed by atoms with van der Waals surface area (Å²) in [4.78, 5) is 13.8. The predicted octanol–water partition coefficient (Wildman–Crippen LogP) is 3.55. The van der Waals surface area contributed by atoms with Crippen molar-refractivity contribution >= 4 is 34.0 Å². The second kappa shape index (κ2) is 5.14. The highest BCUT2D eigenvalue weighted by atomic mass is 32.1. The van der Waals surface area contributed by atoms with Gasteiger partial charge in [-0.3, -0.25) is 9.89 Å². The second-order valence-electron chi connectivity index (χ2n) is 5.83. The van der Waals surface area contributed by atoms with Crippen molar-refractivity contribution < 1.29 is 9.90 Å². The number of aryl methyl sites for hydroxylation is 1. The van der Waals surface area contributed by atoms with E-state index in [0.717, 1.165) is 10.9 Å². The summed E-state index contributed by atoms with van der Waals surface area (Å²) in [5.41, 5.74) is 1.02. The van der Waals surface area contributed by atoms with Crippen LogP contribution < -0.4 is 5.32 Å². The largest absolute Gasteiger partial charge is 0.508 e. The summed E-state index contributed by atoms with van der Waals surface area (Å²) >= 11 is 1.63. The molecule has 1 aromatic carbocycles. The highest BCUT2D eigenvalue weighted by molar-refractivity contribution is 7.10. The minimum absolute atomic E-state index is 0.119. The van der Waals surface area contributed by atoms with Crippen LogP contribution in [0.1, 0.15) is 24.3 Å². The van der Waals surface area contributed by atoms with Gasteiger partial charge in [0.15, 0.2) is 5.82 Å². The number of carbonyl (C=O) groups excluding carboxylic acids is 1. The maximum Gasteiger partial charge on any atom is 0.235 e. The number of anilines is 1. The molecule has 0 aliphatic rings. The molecule has 0 aliphatic heterocycles. The number of thiophene rings is 1. The fraction of sp³-hybridized carbons (Fsp3) is 0.250. The lowest BCUT2D eigenvalue weighted by Crippen LogP contribution is -2.34. The van der Waals surface area contributed by atoms with E-state index in [-0.39, 0.29) is 11.7 Å². The van der Waals surface area contributed by atoms with Crippen LogP contribution in [0.25, 0.3) is 10.9 Å². The van der Waals surface area contributed by atoms with E-state index in [1.54, 1.807) is 29.5 Å². The van der Waals surface area contributed by atoms with Crippen LogP contribution in [0.5, 0.6) is 5.75 Å². The Morgan fingerprint density at radius 3 is 2.82 bits per heavy atom. The van der Waals surface area contributed by atoms with E-state index >= 15 is 0 Å². The van der Waals surface area contributed by atoms with E-state index in [0.29, 0.717) is 11.3 Å². The van der Waals surface area contributed by atoms with Gasteiger partial charge in [-0.15, -0.1) is 11.3 Å². The Bertz CT molecular complexity index is 848. The minimum Gasteiger partial charge on any atom is -0.508 e. The summed E-state index contributed by atoms with van der Waals surface area (Å²) in [6, 6.07) is 6.91. The molecule has 0 saturated heterocycles. The number of hydrogen-bond donors (Lipinski definition) is 3. The third kappa shape index (κ3) is 2.46. The van der Waals surface area contributed by atoms with Gasteiger partial charge in [-0.05, 0) is 49.9 Å². The van der Waals surface area contributed by atoms with Gasteiger partial charge in [0.25, 0.3) is 0 Å². The molecule has 6 heteroatoms. The molecule has 2 heterocycles. The number of aromatic amines is 1. The van der Waals surface area contributed by atoms with Crippen molar-refractivity contribution in [2.75, 3.05) is 5.32 Å². The fourth-order valence-electron chi connectivity index (χ4n) is 2.27. The number of amides is 1. The highest BCUT2D eigenvalue weighted by Gasteiger charge is 2.31. The Labute approximate surface area is 132 Å². The molecule has 2 aromatic heterocycles. The SMILES string of the molecule is Cc1cc(C(C)(C)C(=O)Nc2n[nH]c3cc(O)ccc23)cs1. The molecule has 3 rings (SSSR count). The fourth-order valence-corrected chi connectivity index (χ4v) is 3.14. The second-order valence-corrected chi connectivity index (χ2v) is 6.94. The summed E-state index contributed by atoms with van der Waals surface area (Å²) < 4.78 is 0. The van der Waals surface area contributed by atoms with Crippen molar-refractivity contribution in [2.45, 2.75) is 26.2 Å². The molecule has 0 atom stereocenters. The molecule has 3 N–H and O–H groups in total. The smallest absolute Gasteiger partial charge is 0.235 e. The van der Waals surface area contributed by atoms with Gasteiger partial charge in [-0.25, -0.2) is 0 Å². The van der Waals surface area contributed by atoms with E-state index in [9.17, 15) is 9.90 Å². The number of benzene rings is 1. The molecule has 0 bridgehead atoms.